The second kappa shape index (κ2) is 7.56. The number of benzene rings is 2. The van der Waals surface area contributed by atoms with Crippen LogP contribution in [-0.4, -0.2) is 26.5 Å². The molecular formula is C21H15FN4O2S. The molecule has 0 unspecified atom stereocenters. The lowest BCUT2D eigenvalue weighted by atomic mass is 10.2. The number of aromatic nitrogens is 4. The molecule has 0 aliphatic carbocycles. The SMILES string of the molecule is Fc1ccc(-n2c(SCc3ccc4c(c3)OCO4)nnc2-c2ccncc2)cc1. The van der Waals surface area contributed by atoms with E-state index in [-0.39, 0.29) is 12.6 Å². The van der Waals surface area contributed by atoms with Crippen molar-refractivity contribution in [1.82, 2.24) is 19.7 Å². The Balaban J connectivity index is 1.49. The summed E-state index contributed by atoms with van der Waals surface area (Å²) in [5, 5.41) is 9.48. The van der Waals surface area contributed by atoms with Gasteiger partial charge in [0.25, 0.3) is 0 Å². The smallest absolute Gasteiger partial charge is 0.231 e. The average molecular weight is 406 g/mol. The molecule has 1 aliphatic heterocycles. The van der Waals surface area contributed by atoms with Crippen LogP contribution in [0.15, 0.2) is 72.1 Å². The fourth-order valence-electron chi connectivity index (χ4n) is 3.05. The van der Waals surface area contributed by atoms with Gasteiger partial charge in [-0.05, 0) is 54.1 Å². The molecule has 0 saturated heterocycles. The topological polar surface area (TPSA) is 62.1 Å². The molecule has 0 spiro atoms. The number of fused-ring (bicyclic) bond motifs is 1. The summed E-state index contributed by atoms with van der Waals surface area (Å²) in [6.45, 7) is 0.250. The number of halogens is 1. The third-order valence-electron chi connectivity index (χ3n) is 4.46. The summed E-state index contributed by atoms with van der Waals surface area (Å²) in [7, 11) is 0. The molecule has 2 aromatic heterocycles. The van der Waals surface area contributed by atoms with Gasteiger partial charge in [0.15, 0.2) is 22.5 Å². The molecule has 1 aliphatic rings. The van der Waals surface area contributed by atoms with Crippen LogP contribution in [0.3, 0.4) is 0 Å². The van der Waals surface area contributed by atoms with Crippen molar-refractivity contribution in [3.63, 3.8) is 0 Å². The second-order valence-corrected chi connectivity index (χ2v) is 7.27. The van der Waals surface area contributed by atoms with Crippen LogP contribution in [0.4, 0.5) is 4.39 Å². The maximum Gasteiger partial charge on any atom is 0.231 e. The van der Waals surface area contributed by atoms with Crippen molar-refractivity contribution in [1.29, 1.82) is 0 Å². The summed E-state index contributed by atoms with van der Waals surface area (Å²) in [6, 6.07) is 15.9. The maximum atomic E-state index is 13.5. The number of hydrogen-bond acceptors (Lipinski definition) is 6. The van der Waals surface area contributed by atoms with Gasteiger partial charge in [-0.2, -0.15) is 0 Å². The number of pyridine rings is 1. The monoisotopic (exact) mass is 406 g/mol. The highest BCUT2D eigenvalue weighted by molar-refractivity contribution is 7.98. The van der Waals surface area contributed by atoms with Gasteiger partial charge < -0.3 is 9.47 Å². The molecule has 0 saturated carbocycles. The lowest BCUT2D eigenvalue weighted by molar-refractivity contribution is 0.174. The molecule has 0 fully saturated rings. The predicted molar refractivity (Wildman–Crippen MR) is 107 cm³/mol. The van der Waals surface area contributed by atoms with E-state index in [1.807, 2.05) is 34.9 Å². The largest absolute Gasteiger partial charge is 0.454 e. The highest BCUT2D eigenvalue weighted by atomic mass is 32.2. The molecule has 0 N–H and O–H groups in total. The molecule has 8 heteroatoms. The van der Waals surface area contributed by atoms with Crippen LogP contribution in [-0.2, 0) is 5.75 Å². The minimum Gasteiger partial charge on any atom is -0.454 e. The van der Waals surface area contributed by atoms with Gasteiger partial charge in [-0.1, -0.05) is 17.8 Å². The van der Waals surface area contributed by atoms with Gasteiger partial charge in [0.05, 0.1) is 0 Å². The van der Waals surface area contributed by atoms with Crippen molar-refractivity contribution in [2.45, 2.75) is 10.9 Å². The molecule has 0 radical (unpaired) electrons. The van der Waals surface area contributed by atoms with Crippen molar-refractivity contribution in [3.05, 3.63) is 78.4 Å². The van der Waals surface area contributed by atoms with Crippen LogP contribution in [0, 0.1) is 5.82 Å². The third kappa shape index (κ3) is 3.54. The van der Waals surface area contributed by atoms with E-state index in [1.165, 1.54) is 12.1 Å². The van der Waals surface area contributed by atoms with Crippen molar-refractivity contribution in [2.24, 2.45) is 0 Å². The first-order valence-corrected chi connectivity index (χ1v) is 9.89. The summed E-state index contributed by atoms with van der Waals surface area (Å²) in [4.78, 5) is 4.06. The van der Waals surface area contributed by atoms with E-state index < -0.39 is 0 Å². The summed E-state index contributed by atoms with van der Waals surface area (Å²) in [6.07, 6.45) is 3.41. The van der Waals surface area contributed by atoms with E-state index in [4.69, 9.17) is 9.47 Å². The number of rotatable bonds is 5. The summed E-state index contributed by atoms with van der Waals surface area (Å²) < 4.78 is 26.2. The molecular weight excluding hydrogens is 391 g/mol. The Morgan fingerprint density at radius 1 is 0.931 bits per heavy atom. The fraction of sp³-hybridized carbons (Fsp3) is 0.0952. The zero-order chi connectivity index (χ0) is 19.6. The Hall–Kier alpha value is -3.39. The van der Waals surface area contributed by atoms with Crippen molar-refractivity contribution in [2.75, 3.05) is 6.79 Å². The maximum absolute atomic E-state index is 13.5. The van der Waals surface area contributed by atoms with Crippen LogP contribution in [0.1, 0.15) is 5.56 Å². The number of hydrogen-bond donors (Lipinski definition) is 0. The second-order valence-electron chi connectivity index (χ2n) is 6.33. The highest BCUT2D eigenvalue weighted by Crippen LogP contribution is 2.35. The van der Waals surface area contributed by atoms with E-state index in [9.17, 15) is 4.39 Å². The Kier molecular flexibility index (Phi) is 4.61. The summed E-state index contributed by atoms with van der Waals surface area (Å²) in [5.74, 6) is 2.56. The minimum absolute atomic E-state index is 0.250. The Morgan fingerprint density at radius 2 is 1.72 bits per heavy atom. The highest BCUT2D eigenvalue weighted by Gasteiger charge is 2.18. The quantitative estimate of drug-likeness (QED) is 0.455. The fourth-order valence-corrected chi connectivity index (χ4v) is 3.95. The van der Waals surface area contributed by atoms with Crippen molar-refractivity contribution < 1.29 is 13.9 Å². The molecule has 6 nitrogen and oxygen atoms in total. The molecule has 0 atom stereocenters. The molecule has 2 aromatic carbocycles. The predicted octanol–water partition coefficient (Wildman–Crippen LogP) is 4.49. The molecule has 0 bridgehead atoms. The van der Waals surface area contributed by atoms with Crippen molar-refractivity contribution in [3.8, 4) is 28.6 Å². The van der Waals surface area contributed by atoms with E-state index in [0.29, 0.717) is 16.7 Å². The van der Waals surface area contributed by atoms with Crippen LogP contribution < -0.4 is 9.47 Å². The van der Waals surface area contributed by atoms with Gasteiger partial charge in [0.2, 0.25) is 6.79 Å². The molecule has 29 heavy (non-hydrogen) atoms. The molecule has 5 rings (SSSR count). The lowest BCUT2D eigenvalue weighted by Gasteiger charge is -2.10. The van der Waals surface area contributed by atoms with Crippen LogP contribution in [0.25, 0.3) is 17.1 Å². The normalized spacial score (nSPS) is 12.3. The summed E-state index contributed by atoms with van der Waals surface area (Å²) in [5.41, 5.74) is 2.75. The van der Waals surface area contributed by atoms with E-state index in [2.05, 4.69) is 15.2 Å². The Morgan fingerprint density at radius 3 is 2.55 bits per heavy atom. The zero-order valence-corrected chi connectivity index (χ0v) is 16.0. The molecule has 3 heterocycles. The van der Waals surface area contributed by atoms with Gasteiger partial charge >= 0.3 is 0 Å². The van der Waals surface area contributed by atoms with Crippen LogP contribution in [0.5, 0.6) is 11.5 Å². The van der Waals surface area contributed by atoms with Gasteiger partial charge in [0, 0.05) is 29.4 Å². The molecule has 4 aromatic rings. The van der Waals surface area contributed by atoms with E-state index in [0.717, 1.165) is 28.3 Å². The first-order chi connectivity index (χ1) is 14.3. The molecule has 0 amide bonds. The minimum atomic E-state index is -0.290. The average Bonchev–Trinajstić information content (AvgIpc) is 3.40. The lowest BCUT2D eigenvalue weighted by Crippen LogP contribution is -2.00. The van der Waals surface area contributed by atoms with Crippen LogP contribution >= 0.6 is 11.8 Å². The van der Waals surface area contributed by atoms with Crippen LogP contribution in [0.2, 0.25) is 0 Å². The third-order valence-corrected chi connectivity index (χ3v) is 5.46. The van der Waals surface area contributed by atoms with E-state index >= 15 is 0 Å². The van der Waals surface area contributed by atoms with E-state index in [1.54, 1.807) is 36.3 Å². The van der Waals surface area contributed by atoms with Gasteiger partial charge in [-0.15, -0.1) is 10.2 Å². The number of ether oxygens (including phenoxy) is 2. The van der Waals surface area contributed by atoms with Gasteiger partial charge in [-0.25, -0.2) is 4.39 Å². The summed E-state index contributed by atoms with van der Waals surface area (Å²) >= 11 is 1.54. The first kappa shape index (κ1) is 17.7. The standard InChI is InChI=1S/C21H15FN4O2S/c22-16-2-4-17(5-3-16)26-20(15-7-9-23-10-8-15)24-25-21(26)29-12-14-1-6-18-19(11-14)28-13-27-18/h1-11H,12-13H2. The number of nitrogens with zero attached hydrogens (tertiary/aromatic N) is 4. The van der Waals surface area contributed by atoms with Crippen molar-refractivity contribution >= 4 is 11.8 Å². The van der Waals surface area contributed by atoms with Gasteiger partial charge in [-0.3, -0.25) is 9.55 Å². The number of thioether (sulfide) groups is 1. The van der Waals surface area contributed by atoms with Gasteiger partial charge in [0.1, 0.15) is 5.82 Å². The molecule has 144 valence electrons. The zero-order valence-electron chi connectivity index (χ0n) is 15.2. The first-order valence-electron chi connectivity index (χ1n) is 8.91. The Bertz CT molecular complexity index is 1150. The Labute approximate surface area is 170 Å².